The minimum atomic E-state index is 0. The summed E-state index contributed by atoms with van der Waals surface area (Å²) in [5.41, 5.74) is 3.03. The summed E-state index contributed by atoms with van der Waals surface area (Å²) in [6.07, 6.45) is 4.97. The number of hydrogen-bond acceptors (Lipinski definition) is 1. The normalized spacial score (nSPS) is 26.3. The molecule has 2 aliphatic rings. The van der Waals surface area contributed by atoms with Crippen molar-refractivity contribution in [2.24, 2.45) is 0 Å². The van der Waals surface area contributed by atoms with Gasteiger partial charge < -0.3 is 0 Å². The minimum absolute atomic E-state index is 0. The van der Waals surface area contributed by atoms with Crippen molar-refractivity contribution in [3.8, 4) is 0 Å². The molecule has 0 aromatic heterocycles. The molecule has 1 heterocycles. The average molecular weight is 256 g/mol. The third-order valence-corrected chi connectivity index (χ3v) is 4.57. The molecule has 1 nitrogen and oxygen atoms in total. The molecule has 0 saturated carbocycles. The van der Waals surface area contributed by atoms with Crippen molar-refractivity contribution in [3.05, 3.63) is 35.4 Å². The molecule has 1 saturated heterocycles. The van der Waals surface area contributed by atoms with Gasteiger partial charge in [0.15, 0.2) is 0 Å². The van der Waals surface area contributed by atoms with Gasteiger partial charge >= 0.3 is 18.9 Å². The van der Waals surface area contributed by atoms with Crippen LogP contribution in [-0.2, 0) is 6.42 Å². The molecule has 1 fully saturated rings. The monoisotopic (exact) mass is 255 g/mol. The van der Waals surface area contributed by atoms with E-state index >= 15 is 0 Å². The van der Waals surface area contributed by atoms with Crippen LogP contribution in [0.25, 0.3) is 0 Å². The molecule has 0 bridgehead atoms. The summed E-state index contributed by atoms with van der Waals surface area (Å²) in [4.78, 5) is 2.65. The Hall–Kier alpha value is 0.0674. The number of benzene rings is 1. The van der Waals surface area contributed by atoms with E-state index in [0.717, 1.165) is 24.3 Å². The van der Waals surface area contributed by atoms with E-state index in [4.69, 9.17) is 11.6 Å². The summed E-state index contributed by atoms with van der Waals surface area (Å²) in [5, 5.41) is 0. The second-order valence-corrected chi connectivity index (χ2v) is 5.57. The van der Waals surface area contributed by atoms with Crippen LogP contribution >= 0.6 is 11.6 Å². The zero-order chi connectivity index (χ0) is 11.7. The Kier molecular flexibility index (Phi) is 5.21. The van der Waals surface area contributed by atoms with Crippen molar-refractivity contribution in [2.45, 2.75) is 37.6 Å². The van der Waals surface area contributed by atoms with Gasteiger partial charge in [0, 0.05) is 11.9 Å². The third kappa shape index (κ3) is 2.65. The number of hydrogen-bond donors (Lipinski definition) is 0. The Bertz CT molecular complexity index is 396. The zero-order valence-corrected chi connectivity index (χ0v) is 11.9. The quantitative estimate of drug-likeness (QED) is 0.425. The number of rotatable bonds is 3. The van der Waals surface area contributed by atoms with Crippen LogP contribution < -0.4 is 18.9 Å². The molecule has 1 aromatic rings. The topological polar surface area (TPSA) is 3.24 Å². The molecule has 1 aliphatic carbocycles. The largest absolute Gasteiger partial charge is 1.00 e. The molecule has 3 rings (SSSR count). The smallest absolute Gasteiger partial charge is 0.300 e. The molecule has 0 unspecified atom stereocenters. The summed E-state index contributed by atoms with van der Waals surface area (Å²) in [6, 6.07) is 10.7. The molecule has 0 amide bonds. The van der Waals surface area contributed by atoms with Crippen molar-refractivity contribution in [1.82, 2.24) is 4.90 Å². The third-order valence-electron chi connectivity index (χ3n) is 4.30. The van der Waals surface area contributed by atoms with Crippen LogP contribution in [0.3, 0.4) is 0 Å². The van der Waals surface area contributed by atoms with E-state index in [2.05, 4.69) is 29.2 Å². The minimum Gasteiger partial charge on any atom is -0.300 e. The SMILES string of the molecule is ClCCCN1CC[C@H]2c3[c-]cccc3CC[C@H]21.[Li+]. The fourth-order valence-electron chi connectivity index (χ4n) is 3.53. The van der Waals surface area contributed by atoms with Crippen molar-refractivity contribution in [2.75, 3.05) is 19.0 Å². The number of nitrogens with zero attached hydrogens (tertiary/aromatic N) is 1. The van der Waals surface area contributed by atoms with E-state index in [9.17, 15) is 0 Å². The molecule has 18 heavy (non-hydrogen) atoms. The van der Waals surface area contributed by atoms with Crippen LogP contribution in [0, 0.1) is 6.07 Å². The van der Waals surface area contributed by atoms with Gasteiger partial charge in [-0.25, -0.2) is 0 Å². The second-order valence-electron chi connectivity index (χ2n) is 5.19. The number of aryl methyl sites for hydroxylation is 1. The van der Waals surface area contributed by atoms with E-state index in [1.54, 1.807) is 0 Å². The van der Waals surface area contributed by atoms with Gasteiger partial charge in [-0.05, 0) is 38.3 Å². The first-order chi connectivity index (χ1) is 8.40. The Morgan fingerprint density at radius 2 is 2.28 bits per heavy atom. The van der Waals surface area contributed by atoms with Crippen molar-refractivity contribution >= 4 is 11.6 Å². The van der Waals surface area contributed by atoms with E-state index in [-0.39, 0.29) is 18.9 Å². The molecule has 1 aromatic carbocycles. The van der Waals surface area contributed by atoms with Crippen molar-refractivity contribution in [1.29, 1.82) is 0 Å². The maximum Gasteiger partial charge on any atom is 1.00 e. The predicted molar refractivity (Wildman–Crippen MR) is 71.7 cm³/mol. The first-order valence-electron chi connectivity index (χ1n) is 6.69. The molecular formula is C15H19ClLiN. The molecule has 3 heteroatoms. The Morgan fingerprint density at radius 1 is 1.39 bits per heavy atom. The summed E-state index contributed by atoms with van der Waals surface area (Å²) in [6.45, 7) is 2.42. The van der Waals surface area contributed by atoms with E-state index in [1.807, 2.05) is 0 Å². The van der Waals surface area contributed by atoms with Crippen molar-refractivity contribution in [3.63, 3.8) is 0 Å². The fourth-order valence-corrected chi connectivity index (χ4v) is 3.65. The van der Waals surface area contributed by atoms with Gasteiger partial charge in [0.25, 0.3) is 0 Å². The van der Waals surface area contributed by atoms with Gasteiger partial charge in [0.05, 0.1) is 0 Å². The van der Waals surface area contributed by atoms with Crippen LogP contribution in [0.1, 0.15) is 36.3 Å². The summed E-state index contributed by atoms with van der Waals surface area (Å²) < 4.78 is 0. The Balaban J connectivity index is 0.00000120. The fraction of sp³-hybridized carbons (Fsp3) is 0.600. The number of likely N-dealkylation sites (tertiary alicyclic amines) is 1. The van der Waals surface area contributed by atoms with Crippen LogP contribution in [0.15, 0.2) is 18.2 Å². The molecule has 0 N–H and O–H groups in total. The summed E-state index contributed by atoms with van der Waals surface area (Å²) >= 11 is 5.80. The standard InChI is InChI=1S/C15H19ClN.Li/c16-9-3-10-17-11-8-14-13-5-2-1-4-12(13)6-7-15(14)17;/h1-2,4,14-15H,3,6-11H2;/q-1;+1/t14-,15+;/m0./s1. The molecule has 2 atom stereocenters. The van der Waals surface area contributed by atoms with Crippen LogP contribution in [0.5, 0.6) is 0 Å². The first-order valence-corrected chi connectivity index (χ1v) is 7.23. The van der Waals surface area contributed by atoms with Gasteiger partial charge in [0.1, 0.15) is 0 Å². The molecule has 92 valence electrons. The zero-order valence-electron chi connectivity index (χ0n) is 11.2. The van der Waals surface area contributed by atoms with Gasteiger partial charge in [-0.1, -0.05) is 6.42 Å². The van der Waals surface area contributed by atoms with Gasteiger partial charge in [-0.15, -0.1) is 11.6 Å². The van der Waals surface area contributed by atoms with Crippen LogP contribution in [0.4, 0.5) is 0 Å². The molecule has 1 aliphatic heterocycles. The van der Waals surface area contributed by atoms with Gasteiger partial charge in [-0.3, -0.25) is 4.90 Å². The second kappa shape index (κ2) is 6.48. The molecular weight excluding hydrogens is 237 g/mol. The van der Waals surface area contributed by atoms with Crippen LogP contribution in [-0.4, -0.2) is 29.9 Å². The van der Waals surface area contributed by atoms with E-state index in [1.165, 1.54) is 43.5 Å². The summed E-state index contributed by atoms with van der Waals surface area (Å²) in [5.74, 6) is 1.52. The van der Waals surface area contributed by atoms with Gasteiger partial charge in [-0.2, -0.15) is 35.4 Å². The number of alkyl halides is 1. The number of fused-ring (bicyclic) bond motifs is 3. The average Bonchev–Trinajstić information content (AvgIpc) is 2.80. The van der Waals surface area contributed by atoms with Gasteiger partial charge in [0.2, 0.25) is 0 Å². The van der Waals surface area contributed by atoms with E-state index in [0.29, 0.717) is 0 Å². The first kappa shape index (κ1) is 14.5. The Labute approximate surface area is 127 Å². The van der Waals surface area contributed by atoms with E-state index < -0.39 is 0 Å². The Morgan fingerprint density at radius 3 is 3.11 bits per heavy atom. The molecule has 0 spiro atoms. The maximum atomic E-state index is 5.80. The van der Waals surface area contributed by atoms with Crippen LogP contribution in [0.2, 0.25) is 0 Å². The molecule has 0 radical (unpaired) electrons. The predicted octanol–water partition coefficient (Wildman–Crippen LogP) is 0.224. The maximum absolute atomic E-state index is 5.80. The van der Waals surface area contributed by atoms with Crippen molar-refractivity contribution < 1.29 is 18.9 Å². The number of halogens is 1. The summed E-state index contributed by atoms with van der Waals surface area (Å²) in [7, 11) is 0.